The largest absolute Gasteiger partial charge is 0.496 e. The quantitative estimate of drug-likeness (QED) is 0.681. The van der Waals surface area contributed by atoms with Crippen LogP contribution >= 0.6 is 0 Å². The van der Waals surface area contributed by atoms with Crippen LogP contribution in [0.5, 0.6) is 5.75 Å². The van der Waals surface area contributed by atoms with Gasteiger partial charge in [0.15, 0.2) is 5.82 Å². The van der Waals surface area contributed by atoms with Gasteiger partial charge >= 0.3 is 0 Å². The highest BCUT2D eigenvalue weighted by atomic mass is 16.5. The van der Waals surface area contributed by atoms with Crippen molar-refractivity contribution in [3.05, 3.63) is 66.5 Å². The number of rotatable bonds is 6. The number of methoxy groups -OCH3 is 1. The maximum absolute atomic E-state index is 12.5. The first kappa shape index (κ1) is 19.8. The topological polar surface area (TPSA) is 80.2 Å². The highest BCUT2D eigenvalue weighted by molar-refractivity contribution is 5.79. The monoisotopic (exact) mass is 403 g/mol. The van der Waals surface area contributed by atoms with Crippen molar-refractivity contribution in [2.75, 3.05) is 25.1 Å². The molecule has 3 heterocycles. The number of ether oxygens (including phenoxy) is 1. The number of piperidine rings is 1. The lowest BCUT2D eigenvalue weighted by Gasteiger charge is -2.31. The molecule has 0 radical (unpaired) electrons. The third-order valence-electron chi connectivity index (χ3n) is 5.39. The zero-order valence-electron chi connectivity index (χ0n) is 17.0. The van der Waals surface area contributed by atoms with E-state index in [4.69, 9.17) is 4.74 Å². The molecule has 2 aromatic heterocycles. The Morgan fingerprint density at radius 1 is 1.07 bits per heavy atom. The number of nitrogens with zero attached hydrogens (tertiary/aromatic N) is 4. The predicted molar refractivity (Wildman–Crippen MR) is 115 cm³/mol. The number of nitrogens with one attached hydrogen (secondary N) is 1. The molecule has 1 fully saturated rings. The van der Waals surface area contributed by atoms with Crippen molar-refractivity contribution in [3.8, 4) is 17.0 Å². The average Bonchev–Trinajstić information content (AvgIpc) is 2.83. The van der Waals surface area contributed by atoms with Gasteiger partial charge in [-0.05, 0) is 49.2 Å². The molecule has 7 heteroatoms. The molecule has 0 saturated carbocycles. The number of pyridine rings is 1. The van der Waals surface area contributed by atoms with Gasteiger partial charge in [-0.3, -0.25) is 9.78 Å². The second-order valence-corrected chi connectivity index (χ2v) is 7.28. The van der Waals surface area contributed by atoms with E-state index in [-0.39, 0.29) is 11.8 Å². The van der Waals surface area contributed by atoms with Crippen LogP contribution in [0, 0.1) is 5.92 Å². The molecule has 154 valence electrons. The van der Waals surface area contributed by atoms with E-state index in [0.29, 0.717) is 6.54 Å². The number of para-hydroxylation sites is 1. The Kier molecular flexibility index (Phi) is 6.17. The van der Waals surface area contributed by atoms with Gasteiger partial charge in [-0.2, -0.15) is 0 Å². The van der Waals surface area contributed by atoms with E-state index in [9.17, 15) is 4.79 Å². The van der Waals surface area contributed by atoms with Crippen LogP contribution in [0.25, 0.3) is 11.3 Å². The Balaban J connectivity index is 1.32. The van der Waals surface area contributed by atoms with Crippen molar-refractivity contribution in [2.24, 2.45) is 5.92 Å². The van der Waals surface area contributed by atoms with Crippen LogP contribution < -0.4 is 15.0 Å². The van der Waals surface area contributed by atoms with Gasteiger partial charge in [0.25, 0.3) is 0 Å². The summed E-state index contributed by atoms with van der Waals surface area (Å²) in [6.45, 7) is 2.03. The van der Waals surface area contributed by atoms with Crippen LogP contribution in [0.4, 0.5) is 5.82 Å². The van der Waals surface area contributed by atoms with Crippen molar-refractivity contribution in [1.82, 2.24) is 20.5 Å². The number of carbonyl (C=O) groups excluding carboxylic acids is 1. The van der Waals surface area contributed by atoms with Gasteiger partial charge < -0.3 is 15.0 Å². The summed E-state index contributed by atoms with van der Waals surface area (Å²) >= 11 is 0. The summed E-state index contributed by atoms with van der Waals surface area (Å²) in [4.78, 5) is 18.9. The Bertz CT molecular complexity index is 970. The van der Waals surface area contributed by atoms with Crippen molar-refractivity contribution in [1.29, 1.82) is 0 Å². The first-order chi connectivity index (χ1) is 14.7. The predicted octanol–water partition coefficient (Wildman–Crippen LogP) is 3.08. The zero-order valence-corrected chi connectivity index (χ0v) is 17.0. The van der Waals surface area contributed by atoms with Crippen molar-refractivity contribution in [2.45, 2.75) is 19.4 Å². The van der Waals surface area contributed by atoms with Crippen molar-refractivity contribution in [3.63, 3.8) is 0 Å². The lowest BCUT2D eigenvalue weighted by atomic mass is 9.96. The van der Waals surface area contributed by atoms with Gasteiger partial charge in [-0.1, -0.05) is 18.2 Å². The van der Waals surface area contributed by atoms with Gasteiger partial charge in [-0.15, -0.1) is 10.2 Å². The molecule has 30 heavy (non-hydrogen) atoms. The lowest BCUT2D eigenvalue weighted by Crippen LogP contribution is -2.40. The summed E-state index contributed by atoms with van der Waals surface area (Å²) in [6, 6.07) is 17.4. The smallest absolute Gasteiger partial charge is 0.223 e. The third-order valence-corrected chi connectivity index (χ3v) is 5.39. The molecule has 1 saturated heterocycles. The van der Waals surface area contributed by atoms with Gasteiger partial charge in [0, 0.05) is 30.8 Å². The van der Waals surface area contributed by atoms with E-state index in [0.717, 1.165) is 54.4 Å². The fourth-order valence-corrected chi connectivity index (χ4v) is 3.69. The van der Waals surface area contributed by atoms with Gasteiger partial charge in [0.05, 0.1) is 25.0 Å². The van der Waals surface area contributed by atoms with E-state index >= 15 is 0 Å². The summed E-state index contributed by atoms with van der Waals surface area (Å²) in [5.41, 5.74) is 2.57. The minimum atomic E-state index is 0.0192. The molecule has 0 aliphatic carbocycles. The number of hydrogen-bond donors (Lipinski definition) is 1. The van der Waals surface area contributed by atoms with Crippen LogP contribution in [0.2, 0.25) is 0 Å². The van der Waals surface area contributed by atoms with E-state index in [1.807, 2.05) is 54.6 Å². The van der Waals surface area contributed by atoms with Gasteiger partial charge in [-0.25, -0.2) is 0 Å². The number of aromatic nitrogens is 3. The third kappa shape index (κ3) is 4.56. The minimum absolute atomic E-state index is 0.0192. The molecule has 7 nitrogen and oxygen atoms in total. The number of amides is 1. The van der Waals surface area contributed by atoms with Crippen molar-refractivity contribution >= 4 is 11.7 Å². The molecular formula is C23H25N5O2. The second-order valence-electron chi connectivity index (χ2n) is 7.28. The van der Waals surface area contributed by atoms with E-state index in [2.05, 4.69) is 25.4 Å². The van der Waals surface area contributed by atoms with E-state index < -0.39 is 0 Å². The molecule has 1 amide bonds. The average molecular weight is 403 g/mol. The second kappa shape index (κ2) is 9.35. The summed E-state index contributed by atoms with van der Waals surface area (Å²) in [5.74, 6) is 1.72. The number of benzene rings is 1. The fraction of sp³-hybridized carbons (Fsp3) is 0.304. The van der Waals surface area contributed by atoms with Crippen LogP contribution in [-0.2, 0) is 11.3 Å². The highest BCUT2D eigenvalue weighted by Crippen LogP contribution is 2.29. The van der Waals surface area contributed by atoms with Crippen LogP contribution in [0.1, 0.15) is 18.5 Å². The highest BCUT2D eigenvalue weighted by Gasteiger charge is 2.25. The van der Waals surface area contributed by atoms with E-state index in [1.54, 1.807) is 13.3 Å². The van der Waals surface area contributed by atoms with Crippen molar-refractivity contribution < 1.29 is 9.53 Å². The van der Waals surface area contributed by atoms with Gasteiger partial charge in [0.1, 0.15) is 5.75 Å². The minimum Gasteiger partial charge on any atom is -0.496 e. The molecule has 0 bridgehead atoms. The number of carbonyl (C=O) groups is 1. The Morgan fingerprint density at radius 2 is 1.87 bits per heavy atom. The lowest BCUT2D eigenvalue weighted by molar-refractivity contribution is -0.125. The summed E-state index contributed by atoms with van der Waals surface area (Å²) in [6.07, 6.45) is 3.33. The van der Waals surface area contributed by atoms with Crippen LogP contribution in [0.15, 0.2) is 60.8 Å². The first-order valence-corrected chi connectivity index (χ1v) is 10.1. The summed E-state index contributed by atoms with van der Waals surface area (Å²) < 4.78 is 5.41. The molecule has 1 aliphatic heterocycles. The number of hydrogen-bond acceptors (Lipinski definition) is 6. The molecule has 0 unspecified atom stereocenters. The molecule has 4 rings (SSSR count). The molecule has 0 spiro atoms. The SMILES string of the molecule is COc1ccccc1-c1ccc(N2CCC(C(=O)NCc3ccccn3)CC2)nn1. The van der Waals surface area contributed by atoms with E-state index in [1.165, 1.54) is 0 Å². The number of anilines is 1. The first-order valence-electron chi connectivity index (χ1n) is 10.1. The molecule has 0 atom stereocenters. The Labute approximate surface area is 176 Å². The molecule has 3 aromatic rings. The summed E-state index contributed by atoms with van der Waals surface area (Å²) in [5, 5.41) is 11.8. The van der Waals surface area contributed by atoms with Crippen LogP contribution in [-0.4, -0.2) is 41.3 Å². The zero-order chi connectivity index (χ0) is 20.8. The Hall–Kier alpha value is -3.48. The molecular weight excluding hydrogens is 378 g/mol. The van der Waals surface area contributed by atoms with Gasteiger partial charge in [0.2, 0.25) is 5.91 Å². The molecule has 1 aromatic carbocycles. The normalized spacial score (nSPS) is 14.4. The standard InChI is InChI=1S/C23H25N5O2/c1-30-21-8-3-2-7-19(21)20-9-10-22(27-26-20)28-14-11-17(12-15-28)23(29)25-16-18-6-4-5-13-24-18/h2-10,13,17H,11-12,14-16H2,1H3,(H,25,29). The molecule has 1 aliphatic rings. The summed E-state index contributed by atoms with van der Waals surface area (Å²) in [7, 11) is 1.65. The maximum atomic E-state index is 12.5. The molecule has 1 N–H and O–H groups in total. The fourth-order valence-electron chi connectivity index (χ4n) is 3.69. The Morgan fingerprint density at radius 3 is 2.57 bits per heavy atom. The van der Waals surface area contributed by atoms with Crippen LogP contribution in [0.3, 0.4) is 0 Å². The maximum Gasteiger partial charge on any atom is 0.223 e.